The maximum Gasteiger partial charge on any atom is 0.341 e. The SMILES string of the molecule is COc1ccc(/C=C/C(=O)[O-])cc1OC(=O)CCCCC[Si](Cl)(Cl)Cl. The molecule has 0 atom stereocenters. The second-order valence-corrected chi connectivity index (χ2v) is 14.5. The molecule has 138 valence electrons. The number of hydrogen-bond donors (Lipinski definition) is 0. The third-order valence-electron chi connectivity index (χ3n) is 3.16. The van der Waals surface area contributed by atoms with Gasteiger partial charge in [-0.3, -0.25) is 4.79 Å². The number of ether oxygens (including phenoxy) is 2. The molecule has 0 aliphatic carbocycles. The van der Waals surface area contributed by atoms with Crippen LogP contribution in [0.25, 0.3) is 6.08 Å². The predicted molar refractivity (Wildman–Crippen MR) is 99.3 cm³/mol. The van der Waals surface area contributed by atoms with E-state index in [2.05, 4.69) is 0 Å². The third-order valence-corrected chi connectivity index (χ3v) is 5.79. The molecule has 0 radical (unpaired) electrons. The number of carbonyl (C=O) groups excluding carboxylic acids is 2. The molecule has 0 saturated heterocycles. The minimum absolute atomic E-state index is 0.224. The van der Waals surface area contributed by atoms with E-state index in [1.165, 1.54) is 19.3 Å². The Hall–Kier alpha value is -1.21. The van der Waals surface area contributed by atoms with Crippen LogP contribution in [0.2, 0.25) is 6.04 Å². The van der Waals surface area contributed by atoms with Gasteiger partial charge in [-0.05, 0) is 36.2 Å². The number of carboxylic acid groups (broad SMARTS) is 1. The van der Waals surface area contributed by atoms with Crippen molar-refractivity contribution in [2.75, 3.05) is 7.11 Å². The van der Waals surface area contributed by atoms with Crippen molar-refractivity contribution in [3.05, 3.63) is 29.8 Å². The highest BCUT2D eigenvalue weighted by atomic mass is 35.8. The zero-order valence-electron chi connectivity index (χ0n) is 13.6. The van der Waals surface area contributed by atoms with Crippen LogP contribution in [0.1, 0.15) is 31.2 Å². The number of halogens is 3. The summed E-state index contributed by atoms with van der Waals surface area (Å²) in [6, 6.07) is 2.70. The molecule has 0 aliphatic rings. The number of methoxy groups -OCH3 is 1. The highest BCUT2D eigenvalue weighted by Crippen LogP contribution is 2.30. The van der Waals surface area contributed by atoms with Crippen LogP contribution in [0.5, 0.6) is 11.5 Å². The van der Waals surface area contributed by atoms with E-state index in [4.69, 9.17) is 42.7 Å². The molecule has 1 rings (SSSR count). The molecular weight excluding hydrogens is 407 g/mol. The van der Waals surface area contributed by atoms with E-state index in [9.17, 15) is 14.7 Å². The number of hydrogen-bond acceptors (Lipinski definition) is 5. The lowest BCUT2D eigenvalue weighted by Gasteiger charge is -2.10. The summed E-state index contributed by atoms with van der Waals surface area (Å²) >= 11 is 17.4. The molecule has 0 heterocycles. The molecule has 9 heteroatoms. The summed E-state index contributed by atoms with van der Waals surface area (Å²) in [6.45, 7) is 0. The van der Waals surface area contributed by atoms with Crippen molar-refractivity contribution in [3.63, 3.8) is 0 Å². The molecule has 0 amide bonds. The van der Waals surface area contributed by atoms with Crippen LogP contribution in [-0.4, -0.2) is 25.1 Å². The number of rotatable bonds is 10. The van der Waals surface area contributed by atoms with E-state index in [-0.39, 0.29) is 12.2 Å². The maximum absolute atomic E-state index is 11.9. The number of benzene rings is 1. The summed E-state index contributed by atoms with van der Waals surface area (Å²) in [5.74, 6) is -1.12. The second kappa shape index (κ2) is 10.7. The fraction of sp³-hybridized carbons (Fsp3) is 0.375. The Balaban J connectivity index is 2.57. The summed E-state index contributed by atoms with van der Waals surface area (Å²) in [4.78, 5) is 22.4. The molecule has 0 fully saturated rings. The van der Waals surface area contributed by atoms with E-state index >= 15 is 0 Å². The van der Waals surface area contributed by atoms with Gasteiger partial charge in [-0.1, -0.05) is 25.0 Å². The topological polar surface area (TPSA) is 75.7 Å². The van der Waals surface area contributed by atoms with Crippen LogP contribution < -0.4 is 14.6 Å². The van der Waals surface area contributed by atoms with Gasteiger partial charge in [0, 0.05) is 6.42 Å². The summed E-state index contributed by atoms with van der Waals surface area (Å²) < 4.78 is 10.4. The molecule has 1 aromatic rings. The number of unbranched alkanes of at least 4 members (excludes halogenated alkanes) is 2. The van der Waals surface area contributed by atoms with Gasteiger partial charge >= 0.3 is 12.0 Å². The zero-order chi connectivity index (χ0) is 18.9. The summed E-state index contributed by atoms with van der Waals surface area (Å²) in [7, 11) is 1.45. The van der Waals surface area contributed by atoms with E-state index in [1.807, 2.05) is 0 Å². The highest BCUT2D eigenvalue weighted by Gasteiger charge is 2.23. The first-order valence-electron chi connectivity index (χ1n) is 7.56. The minimum atomic E-state index is -2.60. The number of carboxylic acids is 1. The van der Waals surface area contributed by atoms with Crippen molar-refractivity contribution in [1.82, 2.24) is 0 Å². The average Bonchev–Trinajstić information content (AvgIpc) is 2.51. The highest BCUT2D eigenvalue weighted by molar-refractivity contribution is 7.64. The fourth-order valence-corrected chi connectivity index (χ4v) is 3.84. The third kappa shape index (κ3) is 9.74. The lowest BCUT2D eigenvalue weighted by molar-refractivity contribution is -0.297. The smallest absolute Gasteiger partial charge is 0.341 e. The summed E-state index contributed by atoms with van der Waals surface area (Å²) in [6.07, 6.45) is 4.60. The quantitative estimate of drug-likeness (QED) is 0.143. The molecule has 0 unspecified atom stereocenters. The first-order valence-corrected chi connectivity index (χ1v) is 12.8. The van der Waals surface area contributed by atoms with Crippen LogP contribution >= 0.6 is 33.2 Å². The molecule has 0 bridgehead atoms. The Kier molecular flexibility index (Phi) is 9.35. The van der Waals surface area contributed by atoms with Crippen molar-refractivity contribution >= 4 is 57.3 Å². The fourth-order valence-electron chi connectivity index (χ4n) is 1.99. The Morgan fingerprint density at radius 1 is 1.16 bits per heavy atom. The van der Waals surface area contributed by atoms with Crippen LogP contribution in [0.3, 0.4) is 0 Å². The maximum atomic E-state index is 11.9. The Bertz CT molecular complexity index is 629. The van der Waals surface area contributed by atoms with E-state index < -0.39 is 17.9 Å². The van der Waals surface area contributed by atoms with E-state index in [1.54, 1.807) is 12.1 Å². The van der Waals surface area contributed by atoms with Gasteiger partial charge in [0.15, 0.2) is 11.5 Å². The Morgan fingerprint density at radius 2 is 1.88 bits per heavy atom. The monoisotopic (exact) mass is 423 g/mol. The zero-order valence-corrected chi connectivity index (χ0v) is 16.9. The van der Waals surface area contributed by atoms with Gasteiger partial charge in [0.25, 0.3) is 0 Å². The number of aliphatic carboxylic acids is 1. The largest absolute Gasteiger partial charge is 0.545 e. The second-order valence-electron chi connectivity index (χ2n) is 5.21. The Labute approximate surface area is 161 Å². The van der Waals surface area contributed by atoms with Crippen LogP contribution in [-0.2, 0) is 9.59 Å². The van der Waals surface area contributed by atoms with Gasteiger partial charge in [0.05, 0.1) is 13.1 Å². The van der Waals surface area contributed by atoms with Crippen LogP contribution in [0, 0.1) is 0 Å². The number of esters is 1. The van der Waals surface area contributed by atoms with E-state index in [0.29, 0.717) is 23.8 Å². The summed E-state index contributed by atoms with van der Waals surface area (Å²) in [5, 5.41) is 10.5. The van der Waals surface area contributed by atoms with Crippen molar-refractivity contribution in [2.45, 2.75) is 31.7 Å². The molecule has 1 aromatic carbocycles. The minimum Gasteiger partial charge on any atom is -0.545 e. The van der Waals surface area contributed by atoms with Crippen LogP contribution in [0.15, 0.2) is 24.3 Å². The van der Waals surface area contributed by atoms with Crippen molar-refractivity contribution in [1.29, 1.82) is 0 Å². The Morgan fingerprint density at radius 3 is 2.48 bits per heavy atom. The van der Waals surface area contributed by atoms with Gasteiger partial charge < -0.3 is 19.4 Å². The molecule has 5 nitrogen and oxygen atoms in total. The van der Waals surface area contributed by atoms with Crippen molar-refractivity contribution < 1.29 is 24.2 Å². The van der Waals surface area contributed by atoms with Gasteiger partial charge in [-0.25, -0.2) is 0 Å². The number of carbonyl (C=O) groups is 2. The molecule has 0 aliphatic heterocycles. The first kappa shape index (κ1) is 21.8. The molecule has 0 N–H and O–H groups in total. The van der Waals surface area contributed by atoms with Crippen LogP contribution in [0.4, 0.5) is 0 Å². The lowest BCUT2D eigenvalue weighted by atomic mass is 10.2. The normalized spacial score (nSPS) is 11.5. The van der Waals surface area contributed by atoms with Gasteiger partial charge in [-0.15, -0.1) is 33.2 Å². The summed E-state index contributed by atoms with van der Waals surface area (Å²) in [5.41, 5.74) is 0.542. The molecular formula is C16H18Cl3O5Si-. The standard InChI is InChI=1S/C16H19Cl3O5Si/c1-23-13-8-6-12(7-9-15(20)21)11-14(13)24-16(22)5-3-2-4-10-25(17,18)19/h6-9,11H,2-5,10H2,1H3,(H,20,21)/p-1/b9-7+. The van der Waals surface area contributed by atoms with Gasteiger partial charge in [-0.2, -0.15) is 0 Å². The molecule has 0 aromatic heterocycles. The van der Waals surface area contributed by atoms with E-state index in [0.717, 1.165) is 18.9 Å². The molecule has 25 heavy (non-hydrogen) atoms. The van der Waals surface area contributed by atoms with Crippen molar-refractivity contribution in [3.8, 4) is 11.5 Å². The van der Waals surface area contributed by atoms with Gasteiger partial charge in [0.2, 0.25) is 0 Å². The average molecular weight is 425 g/mol. The lowest BCUT2D eigenvalue weighted by Crippen LogP contribution is -2.18. The van der Waals surface area contributed by atoms with Gasteiger partial charge in [0.1, 0.15) is 0 Å². The molecule has 0 spiro atoms. The predicted octanol–water partition coefficient (Wildman–Crippen LogP) is 3.58. The first-order chi connectivity index (χ1) is 11.7. The molecule has 0 saturated carbocycles. The van der Waals surface area contributed by atoms with Crippen molar-refractivity contribution in [2.24, 2.45) is 0 Å².